The molecule has 3 N–H and O–H groups in total. The molecule has 5 saturated carbocycles. The summed E-state index contributed by atoms with van der Waals surface area (Å²) in [5, 5.41) is 32.2. The van der Waals surface area contributed by atoms with E-state index in [-0.39, 0.29) is 58.9 Å². The van der Waals surface area contributed by atoms with Gasteiger partial charge >= 0.3 is 5.97 Å². The second-order valence-electron chi connectivity index (χ2n) is 20.5. The number of hydrogen-bond donors (Lipinski definition) is 3. The van der Waals surface area contributed by atoms with Gasteiger partial charge in [0.1, 0.15) is 17.2 Å². The summed E-state index contributed by atoms with van der Waals surface area (Å²) < 4.78 is 26.5. The first-order valence-electron chi connectivity index (χ1n) is 21.9. The van der Waals surface area contributed by atoms with Crippen LogP contribution in [-0.4, -0.2) is 57.5 Å². The molecule has 5 aliphatic carbocycles. The normalized spacial score (nSPS) is 50.4. The first kappa shape index (κ1) is 38.4. The van der Waals surface area contributed by atoms with Crippen molar-refractivity contribution in [3.63, 3.8) is 0 Å². The molecule has 0 amide bonds. The molecule has 0 radical (unpaired) electrons. The fourth-order valence-electron chi connectivity index (χ4n) is 14.9. The molecule has 1 spiro atoms. The highest BCUT2D eigenvalue weighted by atomic mass is 17.3. The number of carbonyl (C=O) groups is 1. The fourth-order valence-corrected chi connectivity index (χ4v) is 14.9. The first-order chi connectivity index (χ1) is 26.1. The molecule has 0 aromatic heterocycles. The molecular weight excluding hydrogens is 700 g/mol. The highest BCUT2D eigenvalue weighted by molar-refractivity contribution is 5.66. The van der Waals surface area contributed by atoms with E-state index in [4.69, 9.17) is 28.7 Å². The number of carboxylic acids is 1. The van der Waals surface area contributed by atoms with Crippen LogP contribution in [0, 0.1) is 70.0 Å². The minimum Gasteiger partial charge on any atom is -0.508 e. The Labute approximate surface area is 327 Å². The predicted molar refractivity (Wildman–Crippen MR) is 203 cm³/mol. The number of carboxylic acid groups (broad SMARTS) is 1. The van der Waals surface area contributed by atoms with Crippen LogP contribution in [0.1, 0.15) is 131 Å². The Hall–Kier alpha value is -2.11. The smallest absolute Gasteiger partial charge is 0.303 e. The summed E-state index contributed by atoms with van der Waals surface area (Å²) in [5.74, 6) is 3.25. The van der Waals surface area contributed by atoms with Crippen LogP contribution in [0.25, 0.3) is 0 Å². The van der Waals surface area contributed by atoms with Gasteiger partial charge in [-0.1, -0.05) is 34.6 Å². The Morgan fingerprint density at radius 3 is 2.33 bits per heavy atom. The number of fused-ring (bicyclic) bond motifs is 7. The van der Waals surface area contributed by atoms with Crippen molar-refractivity contribution in [2.75, 3.05) is 0 Å². The number of hydrogen-bond acceptors (Lipinski definition) is 9. The molecule has 10 nitrogen and oxygen atoms in total. The minimum atomic E-state index is -0.863. The zero-order valence-corrected chi connectivity index (χ0v) is 33.9. The molecule has 1 aromatic rings. The van der Waals surface area contributed by atoms with Crippen molar-refractivity contribution in [3.8, 4) is 17.2 Å². The maximum absolute atomic E-state index is 11.9. The van der Waals surface area contributed by atoms with Gasteiger partial charge in [0, 0.05) is 42.9 Å². The van der Waals surface area contributed by atoms with E-state index < -0.39 is 29.9 Å². The van der Waals surface area contributed by atoms with E-state index in [0.29, 0.717) is 47.0 Å². The third-order valence-electron chi connectivity index (χ3n) is 17.7. The van der Waals surface area contributed by atoms with Crippen LogP contribution in [0.4, 0.5) is 0 Å². The van der Waals surface area contributed by atoms with Crippen molar-refractivity contribution in [3.05, 3.63) is 18.2 Å². The summed E-state index contributed by atoms with van der Waals surface area (Å²) in [6.07, 6.45) is 11.4. The van der Waals surface area contributed by atoms with Crippen molar-refractivity contribution < 1.29 is 48.8 Å². The largest absolute Gasteiger partial charge is 0.508 e. The number of aliphatic hydroxyl groups is 1. The average molecular weight is 767 g/mol. The number of rotatable bonds is 8. The summed E-state index contributed by atoms with van der Waals surface area (Å²) in [6, 6.07) is 5.15. The minimum absolute atomic E-state index is 0.00614. The lowest BCUT2D eigenvalue weighted by molar-refractivity contribution is -0.575. The van der Waals surface area contributed by atoms with Crippen LogP contribution in [0.15, 0.2) is 18.2 Å². The molecule has 2 bridgehead atoms. The third-order valence-corrected chi connectivity index (χ3v) is 17.7. The highest BCUT2D eigenvalue weighted by Crippen LogP contribution is 2.69. The number of aromatic hydroxyl groups is 1. The molecule has 4 saturated heterocycles. The quantitative estimate of drug-likeness (QED) is 0.221. The molecule has 1 aromatic carbocycles. The molecule has 9 aliphatic rings. The second-order valence-corrected chi connectivity index (χ2v) is 20.5. The molecule has 55 heavy (non-hydrogen) atoms. The number of aliphatic hydroxyl groups excluding tert-OH is 1. The number of ether oxygens (including phenoxy) is 4. The predicted octanol–water partition coefficient (Wildman–Crippen LogP) is 8.86. The standard InChI is InChI=1S/C45H66O10/c1-24(8-12-39(48)49)32-10-11-35-31-23-38(47)37-22-28(13-16-43(37,5)36(31)14-17-42(32,35)4)50-29-19-27(46)20-30(21-29)51-40-26(3)34-9-7-25(2)33-15-18-44(6)53-41(52-40)45(33,34)55-54-44/h19-21,24-26,28,31-38,40-41,46-47H,7-18,22-23H2,1-6H3,(H,48,49)/t24-,25-,26-,28-,31?,32?,33?,34?,35?,36?,37?,38+,40?,41?,42-,43-,44?,45-/m1/s1. The molecule has 306 valence electrons. The monoisotopic (exact) mass is 766 g/mol. The number of phenols is 1. The summed E-state index contributed by atoms with van der Waals surface area (Å²) in [7, 11) is 0. The summed E-state index contributed by atoms with van der Waals surface area (Å²) in [4.78, 5) is 23.6. The van der Waals surface area contributed by atoms with Crippen LogP contribution in [0.3, 0.4) is 0 Å². The van der Waals surface area contributed by atoms with E-state index >= 15 is 0 Å². The van der Waals surface area contributed by atoms with Crippen LogP contribution >= 0.6 is 0 Å². The van der Waals surface area contributed by atoms with Crippen molar-refractivity contribution in [2.45, 2.75) is 168 Å². The first-order valence-corrected chi connectivity index (χ1v) is 21.9. The van der Waals surface area contributed by atoms with Gasteiger partial charge in [0.05, 0.1) is 12.2 Å². The lowest BCUT2D eigenvalue weighted by Gasteiger charge is -2.62. The van der Waals surface area contributed by atoms with Gasteiger partial charge in [-0.2, -0.15) is 0 Å². The van der Waals surface area contributed by atoms with Gasteiger partial charge in [0.2, 0.25) is 12.1 Å². The molecule has 18 atom stereocenters. The highest BCUT2D eigenvalue weighted by Gasteiger charge is 2.70. The van der Waals surface area contributed by atoms with Gasteiger partial charge in [-0.25, -0.2) is 9.78 Å². The Morgan fingerprint density at radius 1 is 0.836 bits per heavy atom. The Bertz CT molecular complexity index is 1620. The van der Waals surface area contributed by atoms with Crippen molar-refractivity contribution in [1.29, 1.82) is 0 Å². The van der Waals surface area contributed by atoms with Crippen LogP contribution in [0.2, 0.25) is 0 Å². The van der Waals surface area contributed by atoms with Crippen molar-refractivity contribution >= 4 is 5.97 Å². The lowest BCUT2D eigenvalue weighted by atomic mass is 9.43. The maximum Gasteiger partial charge on any atom is 0.303 e. The van der Waals surface area contributed by atoms with Gasteiger partial charge in [-0.05, 0) is 142 Å². The second kappa shape index (κ2) is 13.7. The number of aliphatic carboxylic acids is 1. The van der Waals surface area contributed by atoms with Crippen LogP contribution < -0.4 is 9.47 Å². The summed E-state index contributed by atoms with van der Waals surface area (Å²) in [6.45, 7) is 13.6. The van der Waals surface area contributed by atoms with Gasteiger partial charge < -0.3 is 34.3 Å². The Kier molecular flexibility index (Phi) is 9.60. The molecule has 9 fully saturated rings. The van der Waals surface area contributed by atoms with Crippen molar-refractivity contribution in [2.24, 2.45) is 70.0 Å². The number of benzene rings is 1. The van der Waals surface area contributed by atoms with E-state index in [2.05, 4.69) is 34.6 Å². The van der Waals surface area contributed by atoms with Crippen LogP contribution in [0.5, 0.6) is 17.2 Å². The lowest BCUT2D eigenvalue weighted by Crippen LogP contribution is -2.70. The summed E-state index contributed by atoms with van der Waals surface area (Å²) in [5.41, 5.74) is -0.395. The van der Waals surface area contributed by atoms with Gasteiger partial charge in [-0.3, -0.25) is 4.79 Å². The van der Waals surface area contributed by atoms with E-state index in [9.17, 15) is 20.1 Å². The SMILES string of the molecule is C[C@H]1C(Oc2cc(O)cc(O[C@@H]3CC[C@]4(C)C5CC[C@@]6(C)C(CCC6[C@H](C)CCC(=O)O)C5C[C@H](O)C4C3)c2)OC2OC3(C)CCC4[C@H](C)CCC1[C@@]24OO3. The van der Waals surface area contributed by atoms with Gasteiger partial charge in [0.15, 0.2) is 11.9 Å². The van der Waals surface area contributed by atoms with Crippen LogP contribution in [-0.2, 0) is 24.0 Å². The van der Waals surface area contributed by atoms with Crippen molar-refractivity contribution in [1.82, 2.24) is 0 Å². The fraction of sp³-hybridized carbons (Fsp3) is 0.844. The van der Waals surface area contributed by atoms with E-state index in [1.54, 1.807) is 12.1 Å². The number of phenolic OH excluding ortho intramolecular Hbond substituents is 1. The molecule has 4 heterocycles. The zero-order valence-electron chi connectivity index (χ0n) is 33.9. The third kappa shape index (κ3) is 6.15. The zero-order chi connectivity index (χ0) is 38.7. The van der Waals surface area contributed by atoms with Gasteiger partial charge in [0.25, 0.3) is 0 Å². The Balaban J connectivity index is 0.872. The molecule has 4 aliphatic heterocycles. The maximum atomic E-state index is 11.9. The van der Waals surface area contributed by atoms with Gasteiger partial charge in [-0.15, -0.1) is 0 Å². The van der Waals surface area contributed by atoms with E-state index in [1.165, 1.54) is 25.7 Å². The molecule has 10 rings (SSSR count). The van der Waals surface area contributed by atoms with E-state index in [1.807, 2.05) is 13.0 Å². The van der Waals surface area contributed by atoms with E-state index in [0.717, 1.165) is 57.8 Å². The topological polar surface area (TPSA) is 133 Å². The molecule has 10 heteroatoms. The Morgan fingerprint density at radius 2 is 1.55 bits per heavy atom. The summed E-state index contributed by atoms with van der Waals surface area (Å²) >= 11 is 0. The molecular formula is C45H66O10. The average Bonchev–Trinajstić information content (AvgIpc) is 3.33. The molecule has 10 unspecified atom stereocenters.